The van der Waals surface area contributed by atoms with Crippen LogP contribution in [0.1, 0.15) is 5.56 Å². The number of nitriles is 1. The third-order valence-electron chi connectivity index (χ3n) is 3.07. The van der Waals surface area contributed by atoms with Crippen molar-refractivity contribution >= 4 is 15.7 Å². The van der Waals surface area contributed by atoms with Crippen LogP contribution in [0.3, 0.4) is 0 Å². The van der Waals surface area contributed by atoms with Gasteiger partial charge in [0.25, 0.3) is 0 Å². The van der Waals surface area contributed by atoms with Gasteiger partial charge in [0.05, 0.1) is 17.5 Å². The average molecular weight is 265 g/mol. The fourth-order valence-electron chi connectivity index (χ4n) is 2.10. The van der Waals surface area contributed by atoms with Crippen LogP contribution in [0.15, 0.2) is 24.3 Å². The Morgan fingerprint density at radius 2 is 1.78 bits per heavy atom. The molecule has 1 fully saturated rings. The number of piperazine rings is 1. The number of benzene rings is 1. The highest BCUT2D eigenvalue weighted by Gasteiger charge is 2.24. The van der Waals surface area contributed by atoms with Crippen LogP contribution < -0.4 is 4.90 Å². The highest BCUT2D eigenvalue weighted by Crippen LogP contribution is 2.21. The van der Waals surface area contributed by atoms with E-state index in [1.165, 1.54) is 10.6 Å². The Bertz CT molecular complexity index is 569. The highest BCUT2D eigenvalue weighted by atomic mass is 32.2. The molecule has 0 aliphatic carbocycles. The van der Waals surface area contributed by atoms with E-state index in [9.17, 15) is 8.42 Å². The van der Waals surface area contributed by atoms with Crippen LogP contribution in [0.2, 0.25) is 0 Å². The van der Waals surface area contributed by atoms with Gasteiger partial charge in [0.1, 0.15) is 6.07 Å². The SMILES string of the molecule is CS(=O)(=O)N1CCN(c2ccccc2C#N)CC1. The van der Waals surface area contributed by atoms with Gasteiger partial charge in [-0.2, -0.15) is 9.57 Å². The Morgan fingerprint density at radius 3 is 2.33 bits per heavy atom. The van der Waals surface area contributed by atoms with E-state index in [-0.39, 0.29) is 0 Å². The van der Waals surface area contributed by atoms with Gasteiger partial charge < -0.3 is 4.90 Å². The summed E-state index contributed by atoms with van der Waals surface area (Å²) < 4.78 is 24.3. The Labute approximate surface area is 107 Å². The van der Waals surface area contributed by atoms with Gasteiger partial charge in [-0.3, -0.25) is 0 Å². The summed E-state index contributed by atoms with van der Waals surface area (Å²) in [5.74, 6) is 0. The summed E-state index contributed by atoms with van der Waals surface area (Å²) >= 11 is 0. The third-order valence-corrected chi connectivity index (χ3v) is 4.38. The first kappa shape index (κ1) is 12.9. The van der Waals surface area contributed by atoms with Gasteiger partial charge in [-0.1, -0.05) is 12.1 Å². The molecule has 6 heteroatoms. The van der Waals surface area contributed by atoms with E-state index in [4.69, 9.17) is 5.26 Å². The summed E-state index contributed by atoms with van der Waals surface area (Å²) in [6.07, 6.45) is 1.23. The predicted molar refractivity (Wildman–Crippen MR) is 69.8 cm³/mol. The molecular formula is C12H15N3O2S. The Kier molecular flexibility index (Phi) is 3.55. The summed E-state index contributed by atoms with van der Waals surface area (Å²) in [4.78, 5) is 2.06. The zero-order valence-corrected chi connectivity index (χ0v) is 11.0. The number of hydrogen-bond donors (Lipinski definition) is 0. The molecule has 0 spiro atoms. The fraction of sp³-hybridized carbons (Fsp3) is 0.417. The molecule has 0 unspecified atom stereocenters. The molecule has 2 rings (SSSR count). The molecular weight excluding hydrogens is 250 g/mol. The lowest BCUT2D eigenvalue weighted by atomic mass is 10.1. The summed E-state index contributed by atoms with van der Waals surface area (Å²) in [5.41, 5.74) is 1.51. The largest absolute Gasteiger partial charge is 0.368 e. The van der Waals surface area contributed by atoms with Crippen LogP contribution in [0.25, 0.3) is 0 Å². The Morgan fingerprint density at radius 1 is 1.17 bits per heavy atom. The number of hydrogen-bond acceptors (Lipinski definition) is 4. The normalized spacial score (nSPS) is 17.4. The van der Waals surface area contributed by atoms with Crippen LogP contribution in [0.5, 0.6) is 0 Å². The zero-order valence-electron chi connectivity index (χ0n) is 10.2. The molecule has 5 nitrogen and oxygen atoms in total. The van der Waals surface area contributed by atoms with E-state index in [0.717, 1.165) is 5.69 Å². The smallest absolute Gasteiger partial charge is 0.211 e. The third kappa shape index (κ3) is 2.63. The Balaban J connectivity index is 2.13. The van der Waals surface area contributed by atoms with Crippen LogP contribution in [0.4, 0.5) is 5.69 Å². The minimum atomic E-state index is -3.11. The van der Waals surface area contributed by atoms with Gasteiger partial charge in [-0.25, -0.2) is 8.42 Å². The maximum absolute atomic E-state index is 11.4. The average Bonchev–Trinajstić information content (AvgIpc) is 2.38. The second-order valence-electron chi connectivity index (χ2n) is 4.28. The summed E-state index contributed by atoms with van der Waals surface area (Å²) in [6, 6.07) is 9.55. The summed E-state index contributed by atoms with van der Waals surface area (Å²) in [5, 5.41) is 9.05. The molecule has 0 aromatic heterocycles. The fourth-order valence-corrected chi connectivity index (χ4v) is 2.93. The van der Waals surface area contributed by atoms with E-state index in [1.807, 2.05) is 18.2 Å². The van der Waals surface area contributed by atoms with E-state index < -0.39 is 10.0 Å². The first-order chi connectivity index (χ1) is 8.52. The molecule has 0 saturated carbocycles. The number of nitrogens with zero attached hydrogens (tertiary/aromatic N) is 3. The maximum atomic E-state index is 11.4. The zero-order chi connectivity index (χ0) is 13.2. The minimum Gasteiger partial charge on any atom is -0.368 e. The Hall–Kier alpha value is -1.58. The molecule has 1 saturated heterocycles. The van der Waals surface area contributed by atoms with Gasteiger partial charge in [0, 0.05) is 26.2 Å². The maximum Gasteiger partial charge on any atom is 0.211 e. The molecule has 0 radical (unpaired) electrons. The predicted octanol–water partition coefficient (Wildman–Crippen LogP) is 0.640. The second kappa shape index (κ2) is 4.96. The van der Waals surface area contributed by atoms with Gasteiger partial charge >= 0.3 is 0 Å². The summed E-state index contributed by atoms with van der Waals surface area (Å²) in [7, 11) is -3.11. The van der Waals surface area contributed by atoms with Gasteiger partial charge in [-0.05, 0) is 12.1 Å². The molecule has 0 amide bonds. The van der Waals surface area contributed by atoms with Crippen molar-refractivity contribution in [3.8, 4) is 6.07 Å². The van der Waals surface area contributed by atoms with Crippen LogP contribution in [-0.4, -0.2) is 45.2 Å². The topological polar surface area (TPSA) is 64.4 Å². The molecule has 1 aromatic carbocycles. The van der Waals surface area contributed by atoms with E-state index in [1.54, 1.807) is 6.07 Å². The number of anilines is 1. The summed E-state index contributed by atoms with van der Waals surface area (Å²) in [6.45, 7) is 2.18. The lowest BCUT2D eigenvalue weighted by molar-refractivity contribution is 0.388. The number of para-hydroxylation sites is 1. The lowest BCUT2D eigenvalue weighted by Crippen LogP contribution is -2.48. The second-order valence-corrected chi connectivity index (χ2v) is 6.26. The van der Waals surface area contributed by atoms with E-state index in [2.05, 4.69) is 11.0 Å². The van der Waals surface area contributed by atoms with Crippen molar-refractivity contribution in [1.82, 2.24) is 4.31 Å². The van der Waals surface area contributed by atoms with Crippen molar-refractivity contribution in [3.05, 3.63) is 29.8 Å². The minimum absolute atomic E-state index is 0.471. The quantitative estimate of drug-likeness (QED) is 0.787. The van der Waals surface area contributed by atoms with Gasteiger partial charge in [0.15, 0.2) is 0 Å². The van der Waals surface area contributed by atoms with Crippen molar-refractivity contribution in [1.29, 1.82) is 5.26 Å². The molecule has 18 heavy (non-hydrogen) atoms. The van der Waals surface area contributed by atoms with Crippen molar-refractivity contribution in [2.45, 2.75) is 0 Å². The first-order valence-corrected chi connectivity index (χ1v) is 7.56. The van der Waals surface area contributed by atoms with Crippen LogP contribution in [-0.2, 0) is 10.0 Å². The monoisotopic (exact) mass is 265 g/mol. The van der Waals surface area contributed by atoms with Crippen molar-refractivity contribution < 1.29 is 8.42 Å². The van der Waals surface area contributed by atoms with Crippen LogP contribution >= 0.6 is 0 Å². The molecule has 1 aliphatic rings. The van der Waals surface area contributed by atoms with Crippen molar-refractivity contribution in [3.63, 3.8) is 0 Å². The van der Waals surface area contributed by atoms with E-state index in [0.29, 0.717) is 31.7 Å². The van der Waals surface area contributed by atoms with Crippen molar-refractivity contribution in [2.24, 2.45) is 0 Å². The first-order valence-electron chi connectivity index (χ1n) is 5.71. The molecule has 0 N–H and O–H groups in total. The molecule has 96 valence electrons. The number of sulfonamides is 1. The molecule has 0 bridgehead atoms. The highest BCUT2D eigenvalue weighted by molar-refractivity contribution is 7.88. The van der Waals surface area contributed by atoms with Gasteiger partial charge in [0.2, 0.25) is 10.0 Å². The molecule has 1 aromatic rings. The molecule has 0 atom stereocenters. The number of rotatable bonds is 2. The van der Waals surface area contributed by atoms with Crippen molar-refractivity contribution in [2.75, 3.05) is 37.3 Å². The molecule has 1 aliphatic heterocycles. The standard InChI is InChI=1S/C12H15N3O2S/c1-18(16,17)15-8-6-14(7-9-15)12-5-3-2-4-11(12)10-13/h2-5H,6-9H2,1H3. The van der Waals surface area contributed by atoms with E-state index >= 15 is 0 Å². The van der Waals surface area contributed by atoms with Crippen LogP contribution in [0, 0.1) is 11.3 Å². The lowest BCUT2D eigenvalue weighted by Gasteiger charge is -2.35. The van der Waals surface area contributed by atoms with Gasteiger partial charge in [-0.15, -0.1) is 0 Å². The molecule has 1 heterocycles.